The fraction of sp³-hybridized carbons (Fsp3) is 0.737. The average Bonchev–Trinajstić information content (AvgIpc) is 3.12. The van der Waals surface area contributed by atoms with E-state index in [2.05, 4.69) is 15.2 Å². The molecule has 0 saturated heterocycles. The monoisotopic (exact) mass is 379 g/mol. The lowest BCUT2D eigenvalue weighted by molar-refractivity contribution is 0.0520. The Bertz CT molecular complexity index is 589. The number of aromatic nitrogens is 1. The van der Waals surface area contributed by atoms with Crippen molar-refractivity contribution >= 4 is 28.5 Å². The average molecular weight is 380 g/mol. The largest absolute Gasteiger partial charge is 0.461 e. The van der Waals surface area contributed by atoms with Gasteiger partial charge < -0.3 is 9.64 Å². The van der Waals surface area contributed by atoms with Gasteiger partial charge in [-0.1, -0.05) is 38.5 Å². The number of urea groups is 1. The quantitative estimate of drug-likeness (QED) is 0.745. The van der Waals surface area contributed by atoms with Crippen LogP contribution < -0.4 is 5.32 Å². The van der Waals surface area contributed by atoms with Gasteiger partial charge in [-0.15, -0.1) is 11.3 Å². The van der Waals surface area contributed by atoms with Crippen molar-refractivity contribution in [1.29, 1.82) is 0 Å². The second-order valence-corrected chi connectivity index (χ2v) is 8.04. The molecule has 1 heterocycles. The van der Waals surface area contributed by atoms with Gasteiger partial charge in [0.05, 0.1) is 6.61 Å². The first-order chi connectivity index (χ1) is 12.7. The van der Waals surface area contributed by atoms with Crippen LogP contribution in [0.25, 0.3) is 0 Å². The Morgan fingerprint density at radius 2 is 1.69 bits per heavy atom. The molecule has 0 bridgehead atoms. The fourth-order valence-corrected chi connectivity index (χ4v) is 4.80. The van der Waals surface area contributed by atoms with Crippen molar-refractivity contribution in [3.63, 3.8) is 0 Å². The Labute approximate surface area is 159 Å². The lowest BCUT2D eigenvalue weighted by Gasteiger charge is -2.41. The summed E-state index contributed by atoms with van der Waals surface area (Å²) in [7, 11) is 0. The number of nitrogens with zero attached hydrogens (tertiary/aromatic N) is 2. The van der Waals surface area contributed by atoms with Gasteiger partial charge in [-0.25, -0.2) is 14.6 Å². The molecular formula is C19H29N3O3S. The Morgan fingerprint density at radius 1 is 1.12 bits per heavy atom. The van der Waals surface area contributed by atoms with E-state index in [1.165, 1.54) is 49.9 Å². The van der Waals surface area contributed by atoms with Crippen molar-refractivity contribution in [1.82, 2.24) is 9.88 Å². The van der Waals surface area contributed by atoms with E-state index in [0.717, 1.165) is 25.7 Å². The highest BCUT2D eigenvalue weighted by molar-refractivity contribution is 7.14. The van der Waals surface area contributed by atoms with Crippen LogP contribution >= 0.6 is 11.3 Å². The third-order valence-electron chi connectivity index (χ3n) is 5.37. The molecule has 2 saturated carbocycles. The molecule has 1 aromatic rings. The van der Waals surface area contributed by atoms with Gasteiger partial charge in [-0.2, -0.15) is 0 Å². The fourth-order valence-electron chi connectivity index (χ4n) is 4.13. The number of hydrogen-bond acceptors (Lipinski definition) is 5. The zero-order chi connectivity index (χ0) is 18.4. The topological polar surface area (TPSA) is 71.5 Å². The summed E-state index contributed by atoms with van der Waals surface area (Å²) in [5.41, 5.74) is 0.258. The highest BCUT2D eigenvalue weighted by Gasteiger charge is 2.32. The molecule has 0 unspecified atom stereocenters. The van der Waals surface area contributed by atoms with E-state index in [4.69, 9.17) is 4.74 Å². The van der Waals surface area contributed by atoms with E-state index in [1.54, 1.807) is 12.3 Å². The van der Waals surface area contributed by atoms with Crippen LogP contribution in [-0.4, -0.2) is 40.6 Å². The van der Waals surface area contributed by atoms with Crippen molar-refractivity contribution in [2.45, 2.75) is 83.2 Å². The van der Waals surface area contributed by atoms with Crippen LogP contribution in [0.3, 0.4) is 0 Å². The van der Waals surface area contributed by atoms with Crippen LogP contribution in [0.15, 0.2) is 5.38 Å². The maximum atomic E-state index is 13.1. The Hall–Kier alpha value is -1.63. The number of esters is 1. The van der Waals surface area contributed by atoms with Crippen LogP contribution in [0, 0.1) is 0 Å². The summed E-state index contributed by atoms with van der Waals surface area (Å²) in [6.07, 6.45) is 11.7. The summed E-state index contributed by atoms with van der Waals surface area (Å²) in [6.45, 7) is 2.08. The molecule has 0 radical (unpaired) electrons. The number of rotatable bonds is 5. The van der Waals surface area contributed by atoms with E-state index in [1.807, 2.05) is 0 Å². The van der Waals surface area contributed by atoms with Crippen LogP contribution in [-0.2, 0) is 4.74 Å². The molecule has 2 fully saturated rings. The normalized spacial score (nSPS) is 19.1. The Balaban J connectivity index is 1.69. The predicted octanol–water partition coefficient (Wildman–Crippen LogP) is 4.82. The van der Waals surface area contributed by atoms with Crippen molar-refractivity contribution in [2.24, 2.45) is 0 Å². The molecule has 2 amide bonds. The minimum atomic E-state index is -0.444. The van der Waals surface area contributed by atoms with Gasteiger partial charge in [0.15, 0.2) is 10.8 Å². The molecule has 1 N–H and O–H groups in total. The zero-order valence-electron chi connectivity index (χ0n) is 15.5. The van der Waals surface area contributed by atoms with Gasteiger partial charge in [0, 0.05) is 17.5 Å². The summed E-state index contributed by atoms with van der Waals surface area (Å²) >= 11 is 1.27. The van der Waals surface area contributed by atoms with E-state index in [-0.39, 0.29) is 11.7 Å². The summed E-state index contributed by atoms with van der Waals surface area (Å²) in [5, 5.41) is 5.05. The first kappa shape index (κ1) is 19.1. The summed E-state index contributed by atoms with van der Waals surface area (Å²) in [6, 6.07) is 0.598. The Kier molecular flexibility index (Phi) is 6.88. The van der Waals surface area contributed by atoms with E-state index in [9.17, 15) is 9.59 Å². The Morgan fingerprint density at radius 3 is 2.23 bits per heavy atom. The number of hydrogen-bond donors (Lipinski definition) is 1. The zero-order valence-corrected chi connectivity index (χ0v) is 16.4. The smallest absolute Gasteiger partial charge is 0.357 e. The van der Waals surface area contributed by atoms with Gasteiger partial charge in [0.25, 0.3) is 0 Å². The summed E-state index contributed by atoms with van der Waals surface area (Å²) < 4.78 is 4.97. The predicted molar refractivity (Wildman–Crippen MR) is 103 cm³/mol. The van der Waals surface area contributed by atoms with Gasteiger partial charge in [-0.05, 0) is 32.6 Å². The minimum Gasteiger partial charge on any atom is -0.461 e. The van der Waals surface area contributed by atoms with Gasteiger partial charge in [0.2, 0.25) is 0 Å². The molecule has 7 heteroatoms. The van der Waals surface area contributed by atoms with E-state index in [0.29, 0.717) is 23.8 Å². The molecule has 3 rings (SSSR count). The standard InChI is InChI=1S/C19H29N3O3S/c1-2-25-17(23)16-13-26-18(20-16)21-19(24)22(14-9-5-3-6-10-14)15-11-7-4-8-12-15/h13-15H,2-12H2,1H3,(H,20,21,24). The first-order valence-electron chi connectivity index (χ1n) is 9.91. The van der Waals surface area contributed by atoms with E-state index < -0.39 is 5.97 Å². The number of thiazole rings is 1. The van der Waals surface area contributed by atoms with Gasteiger partial charge >= 0.3 is 12.0 Å². The number of amides is 2. The first-order valence-corrected chi connectivity index (χ1v) is 10.8. The van der Waals surface area contributed by atoms with Crippen molar-refractivity contribution in [3.05, 3.63) is 11.1 Å². The second-order valence-electron chi connectivity index (χ2n) is 7.18. The SMILES string of the molecule is CCOC(=O)c1csc(NC(=O)N(C2CCCCC2)C2CCCCC2)n1. The van der Waals surface area contributed by atoms with Crippen molar-refractivity contribution in [2.75, 3.05) is 11.9 Å². The second kappa shape index (κ2) is 9.35. The molecule has 1 aromatic heterocycles. The van der Waals surface area contributed by atoms with Crippen LogP contribution in [0.2, 0.25) is 0 Å². The maximum absolute atomic E-state index is 13.1. The maximum Gasteiger partial charge on any atom is 0.357 e. The lowest BCUT2D eigenvalue weighted by atomic mass is 9.89. The lowest BCUT2D eigenvalue weighted by Crippen LogP contribution is -2.50. The molecular weight excluding hydrogens is 350 g/mol. The number of nitrogens with one attached hydrogen (secondary N) is 1. The van der Waals surface area contributed by atoms with E-state index >= 15 is 0 Å². The minimum absolute atomic E-state index is 0.0615. The van der Waals surface area contributed by atoms with Crippen LogP contribution in [0.4, 0.5) is 9.93 Å². The number of carbonyl (C=O) groups is 2. The van der Waals surface area contributed by atoms with Crippen molar-refractivity contribution < 1.29 is 14.3 Å². The number of carbonyl (C=O) groups excluding carboxylic acids is 2. The molecule has 0 spiro atoms. The molecule has 2 aliphatic rings. The summed E-state index contributed by atoms with van der Waals surface area (Å²) in [5.74, 6) is -0.444. The molecule has 0 aliphatic heterocycles. The van der Waals surface area contributed by atoms with Crippen LogP contribution in [0.5, 0.6) is 0 Å². The molecule has 26 heavy (non-hydrogen) atoms. The third kappa shape index (κ3) is 4.75. The molecule has 144 valence electrons. The number of ether oxygens (including phenoxy) is 1. The van der Waals surface area contributed by atoms with Crippen LogP contribution in [0.1, 0.15) is 81.6 Å². The molecule has 2 aliphatic carbocycles. The highest BCUT2D eigenvalue weighted by atomic mass is 32.1. The van der Waals surface area contributed by atoms with Crippen molar-refractivity contribution in [3.8, 4) is 0 Å². The highest BCUT2D eigenvalue weighted by Crippen LogP contribution is 2.31. The number of anilines is 1. The van der Waals surface area contributed by atoms with Gasteiger partial charge in [-0.3, -0.25) is 5.32 Å². The molecule has 0 atom stereocenters. The molecule has 0 aromatic carbocycles. The summed E-state index contributed by atoms with van der Waals surface area (Å²) in [4.78, 5) is 31.2. The third-order valence-corrected chi connectivity index (χ3v) is 6.13. The van der Waals surface area contributed by atoms with Gasteiger partial charge in [0.1, 0.15) is 0 Å². The molecule has 6 nitrogen and oxygen atoms in total.